The van der Waals surface area contributed by atoms with Gasteiger partial charge in [-0.2, -0.15) is 0 Å². The first-order valence-corrected chi connectivity index (χ1v) is 7.37. The molecule has 136 valence electrons. The molecule has 0 saturated carbocycles. The van der Waals surface area contributed by atoms with E-state index in [0.717, 1.165) is 17.0 Å². The molecule has 0 bridgehead atoms. The summed E-state index contributed by atoms with van der Waals surface area (Å²) in [6.45, 7) is -0.426. The van der Waals surface area contributed by atoms with Gasteiger partial charge in [0.05, 0.1) is 6.08 Å². The van der Waals surface area contributed by atoms with E-state index in [1.165, 1.54) is 24.3 Å². The summed E-state index contributed by atoms with van der Waals surface area (Å²) in [7, 11) is 0. The van der Waals surface area contributed by atoms with Crippen LogP contribution in [0.4, 0.5) is 13.2 Å². The molecule has 8 heteroatoms. The van der Waals surface area contributed by atoms with Crippen LogP contribution in [0.25, 0.3) is 0 Å². The van der Waals surface area contributed by atoms with Crippen LogP contribution in [-0.2, 0) is 22.7 Å². The molecule has 0 aromatic heterocycles. The Balaban J connectivity index is 2.30. The lowest BCUT2D eigenvalue weighted by molar-refractivity contribution is -0.136. The number of amides is 1. The third-order valence-electron chi connectivity index (χ3n) is 3.45. The van der Waals surface area contributed by atoms with E-state index in [0.29, 0.717) is 17.7 Å². The number of nitrogens with zero attached hydrogens (tertiary/aromatic N) is 1. The van der Waals surface area contributed by atoms with E-state index < -0.39 is 35.1 Å². The van der Waals surface area contributed by atoms with Crippen LogP contribution in [0, 0.1) is 17.5 Å². The van der Waals surface area contributed by atoms with Gasteiger partial charge in [0.15, 0.2) is 0 Å². The third kappa shape index (κ3) is 5.10. The highest BCUT2D eigenvalue weighted by Gasteiger charge is 2.18. The topological polar surface area (TPSA) is 77.8 Å². The molecule has 1 amide bonds. The summed E-state index contributed by atoms with van der Waals surface area (Å²) in [6.07, 6.45) is 0.479. The Bertz CT molecular complexity index is 850. The van der Waals surface area contributed by atoms with Gasteiger partial charge in [-0.15, -0.1) is 0 Å². The standard InChI is InChI=1S/C18H14F3NO4/c19-13-4-1-11(2-5-13)9-22(17(24)8-16(23)18(25)26)10-12-3-6-14(20)7-15(12)21/h1-8,23H,9-10H2,(H,25,26). The number of carboxylic acid groups (broad SMARTS) is 1. The first-order chi connectivity index (χ1) is 12.3. The van der Waals surface area contributed by atoms with Gasteiger partial charge >= 0.3 is 5.97 Å². The zero-order chi connectivity index (χ0) is 19.3. The lowest BCUT2D eigenvalue weighted by Crippen LogP contribution is -2.29. The van der Waals surface area contributed by atoms with Gasteiger partial charge in [-0.1, -0.05) is 18.2 Å². The van der Waals surface area contributed by atoms with Crippen LogP contribution < -0.4 is 0 Å². The fraction of sp³-hybridized carbons (Fsp3) is 0.111. The number of carboxylic acids is 1. The first-order valence-electron chi connectivity index (χ1n) is 7.37. The summed E-state index contributed by atoms with van der Waals surface area (Å²) in [5.74, 6) is -5.94. The Morgan fingerprint density at radius 2 is 1.54 bits per heavy atom. The number of carbonyl (C=O) groups excluding carboxylic acids is 1. The van der Waals surface area contributed by atoms with Crippen molar-refractivity contribution in [3.05, 3.63) is 82.9 Å². The lowest BCUT2D eigenvalue weighted by atomic mass is 10.1. The summed E-state index contributed by atoms with van der Waals surface area (Å²) in [6, 6.07) is 7.96. The monoisotopic (exact) mass is 365 g/mol. The van der Waals surface area contributed by atoms with Crippen LogP contribution in [0.3, 0.4) is 0 Å². The zero-order valence-corrected chi connectivity index (χ0v) is 13.3. The molecule has 2 rings (SSSR count). The van der Waals surface area contributed by atoms with Crippen molar-refractivity contribution in [2.75, 3.05) is 0 Å². The zero-order valence-electron chi connectivity index (χ0n) is 13.3. The Morgan fingerprint density at radius 3 is 2.12 bits per heavy atom. The predicted octanol–water partition coefficient (Wildman–Crippen LogP) is 3.16. The minimum Gasteiger partial charge on any atom is -0.502 e. The molecule has 0 fully saturated rings. The van der Waals surface area contributed by atoms with Crippen LogP contribution >= 0.6 is 0 Å². The van der Waals surface area contributed by atoms with Crippen molar-refractivity contribution >= 4 is 11.9 Å². The fourth-order valence-electron chi connectivity index (χ4n) is 2.15. The minimum atomic E-state index is -1.70. The van der Waals surface area contributed by atoms with Crippen molar-refractivity contribution in [3.63, 3.8) is 0 Å². The second kappa shape index (κ2) is 8.19. The maximum absolute atomic E-state index is 13.9. The van der Waals surface area contributed by atoms with Crippen molar-refractivity contribution in [2.45, 2.75) is 13.1 Å². The maximum Gasteiger partial charge on any atom is 0.371 e. The average molecular weight is 365 g/mol. The molecule has 0 aliphatic heterocycles. The van der Waals surface area contributed by atoms with Gasteiger partial charge in [0.2, 0.25) is 5.76 Å². The van der Waals surface area contributed by atoms with Gasteiger partial charge in [0.1, 0.15) is 17.5 Å². The van der Waals surface area contributed by atoms with Gasteiger partial charge < -0.3 is 15.1 Å². The summed E-state index contributed by atoms with van der Waals surface area (Å²) in [5.41, 5.74) is 0.482. The van der Waals surface area contributed by atoms with E-state index in [1.54, 1.807) is 0 Å². The number of aliphatic hydroxyl groups excluding tert-OH is 1. The van der Waals surface area contributed by atoms with Gasteiger partial charge in [0.25, 0.3) is 5.91 Å². The minimum absolute atomic E-state index is 0.00919. The molecule has 0 aliphatic rings. The Labute approximate surface area is 146 Å². The third-order valence-corrected chi connectivity index (χ3v) is 3.45. The molecular weight excluding hydrogens is 351 g/mol. The van der Waals surface area contributed by atoms with Crippen molar-refractivity contribution in [3.8, 4) is 0 Å². The number of rotatable bonds is 6. The van der Waals surface area contributed by atoms with Crippen molar-refractivity contribution in [1.29, 1.82) is 0 Å². The number of hydrogen-bond donors (Lipinski definition) is 2. The fourth-order valence-corrected chi connectivity index (χ4v) is 2.15. The van der Waals surface area contributed by atoms with E-state index >= 15 is 0 Å². The predicted molar refractivity (Wildman–Crippen MR) is 85.4 cm³/mol. The maximum atomic E-state index is 13.9. The number of hydrogen-bond acceptors (Lipinski definition) is 3. The molecule has 0 aliphatic carbocycles. The molecule has 2 N–H and O–H groups in total. The lowest BCUT2D eigenvalue weighted by Gasteiger charge is -2.22. The largest absolute Gasteiger partial charge is 0.502 e. The van der Waals surface area contributed by atoms with E-state index in [1.807, 2.05) is 0 Å². The van der Waals surface area contributed by atoms with E-state index in [2.05, 4.69) is 0 Å². The van der Waals surface area contributed by atoms with Crippen molar-refractivity contribution in [2.24, 2.45) is 0 Å². The van der Waals surface area contributed by atoms with Gasteiger partial charge in [-0.25, -0.2) is 18.0 Å². The first kappa shape index (κ1) is 19.0. The second-order valence-corrected chi connectivity index (χ2v) is 5.39. The summed E-state index contributed by atoms with van der Waals surface area (Å²) < 4.78 is 39.9. The summed E-state index contributed by atoms with van der Waals surface area (Å²) in [4.78, 5) is 24.0. The van der Waals surface area contributed by atoms with E-state index in [9.17, 15) is 27.9 Å². The van der Waals surface area contributed by atoms with E-state index in [-0.39, 0.29) is 18.7 Å². The summed E-state index contributed by atoms with van der Waals surface area (Å²) in [5, 5.41) is 17.9. The Hall–Kier alpha value is -3.29. The number of benzene rings is 2. The number of halogens is 3. The highest BCUT2D eigenvalue weighted by Crippen LogP contribution is 2.16. The molecule has 2 aromatic carbocycles. The molecule has 0 spiro atoms. The SMILES string of the molecule is O=C(O)C(O)=CC(=O)N(Cc1ccc(F)cc1)Cc1ccc(F)cc1F. The van der Waals surface area contributed by atoms with Crippen molar-refractivity contribution < 1.29 is 33.0 Å². The highest BCUT2D eigenvalue weighted by molar-refractivity contribution is 5.96. The molecule has 5 nitrogen and oxygen atoms in total. The van der Waals surface area contributed by atoms with Crippen LogP contribution in [0.2, 0.25) is 0 Å². The smallest absolute Gasteiger partial charge is 0.371 e. The quantitative estimate of drug-likeness (QED) is 0.609. The highest BCUT2D eigenvalue weighted by atomic mass is 19.1. The Kier molecular flexibility index (Phi) is 6.00. The van der Waals surface area contributed by atoms with Gasteiger partial charge in [-0.3, -0.25) is 4.79 Å². The van der Waals surface area contributed by atoms with Gasteiger partial charge in [-0.05, 0) is 23.8 Å². The van der Waals surface area contributed by atoms with Crippen LogP contribution in [-0.4, -0.2) is 27.0 Å². The van der Waals surface area contributed by atoms with Crippen LogP contribution in [0.1, 0.15) is 11.1 Å². The molecule has 0 unspecified atom stereocenters. The number of carbonyl (C=O) groups is 2. The summed E-state index contributed by atoms with van der Waals surface area (Å²) >= 11 is 0. The molecule has 0 radical (unpaired) electrons. The number of aliphatic carboxylic acids is 1. The molecule has 2 aromatic rings. The second-order valence-electron chi connectivity index (χ2n) is 5.39. The van der Waals surface area contributed by atoms with Gasteiger partial charge in [0, 0.05) is 24.7 Å². The normalized spacial score (nSPS) is 11.3. The van der Waals surface area contributed by atoms with Crippen LogP contribution in [0.5, 0.6) is 0 Å². The average Bonchev–Trinajstić information content (AvgIpc) is 2.58. The molecule has 0 heterocycles. The molecule has 0 saturated heterocycles. The Morgan fingerprint density at radius 1 is 0.923 bits per heavy atom. The van der Waals surface area contributed by atoms with Crippen LogP contribution in [0.15, 0.2) is 54.3 Å². The number of aliphatic hydroxyl groups is 1. The molecule has 0 atom stereocenters. The van der Waals surface area contributed by atoms with E-state index in [4.69, 9.17) is 5.11 Å². The molecule has 26 heavy (non-hydrogen) atoms. The van der Waals surface area contributed by atoms with Crippen molar-refractivity contribution in [1.82, 2.24) is 4.90 Å². The molecular formula is C18H14F3NO4.